The minimum atomic E-state index is -0.856. The quantitative estimate of drug-likeness (QED) is 0.0512. The molecule has 10 heteroatoms. The van der Waals surface area contributed by atoms with Crippen LogP contribution in [-0.2, 0) is 22.4 Å². The van der Waals surface area contributed by atoms with Crippen LogP contribution in [0.1, 0.15) is 162 Å². The van der Waals surface area contributed by atoms with Gasteiger partial charge in [0, 0.05) is 5.92 Å². The lowest BCUT2D eigenvalue weighted by atomic mass is 9.87. The second-order valence-corrected chi connectivity index (χ2v) is 13.5. The number of carbonyl (C=O) groups excluding carboxylic acids is 4. The lowest BCUT2D eigenvalue weighted by molar-refractivity contribution is -0.135. The molecule has 2 rings (SSSR count). The van der Waals surface area contributed by atoms with Crippen molar-refractivity contribution in [2.75, 3.05) is 0 Å². The van der Waals surface area contributed by atoms with Crippen molar-refractivity contribution < 1.29 is 29.4 Å². The molecule has 278 valence electrons. The van der Waals surface area contributed by atoms with Crippen LogP contribution in [0.3, 0.4) is 0 Å². The Morgan fingerprint density at radius 3 is 1.38 bits per heavy atom. The molecule has 0 aliphatic carbocycles. The lowest BCUT2D eigenvalue weighted by Crippen LogP contribution is -2.50. The molecule has 0 spiro atoms. The van der Waals surface area contributed by atoms with Crippen LogP contribution in [0.4, 0.5) is 0 Å². The zero-order valence-electron chi connectivity index (χ0n) is 30.9. The highest BCUT2D eigenvalue weighted by Gasteiger charge is 2.31. The Morgan fingerprint density at radius 2 is 0.940 bits per heavy atom. The molecule has 0 saturated carbocycles. The van der Waals surface area contributed by atoms with E-state index in [9.17, 15) is 29.4 Å². The molecule has 0 heterocycles. The van der Waals surface area contributed by atoms with E-state index in [-0.39, 0.29) is 22.6 Å². The van der Waals surface area contributed by atoms with Crippen molar-refractivity contribution in [3.05, 3.63) is 58.7 Å². The predicted molar refractivity (Wildman–Crippen MR) is 198 cm³/mol. The number of aromatic hydroxyl groups is 2. The smallest absolute Gasteiger partial charge is 0.273 e. The van der Waals surface area contributed by atoms with Crippen molar-refractivity contribution in [2.24, 2.45) is 11.8 Å². The first-order valence-electron chi connectivity index (χ1n) is 19.0. The van der Waals surface area contributed by atoms with E-state index < -0.39 is 35.5 Å². The number of phenolic OH excluding ortho intramolecular Hbond substituents is 2. The van der Waals surface area contributed by atoms with Gasteiger partial charge in [-0.3, -0.25) is 40.9 Å². The molecule has 2 aromatic rings. The van der Waals surface area contributed by atoms with Gasteiger partial charge in [0.15, 0.2) is 0 Å². The second kappa shape index (κ2) is 24.1. The summed E-state index contributed by atoms with van der Waals surface area (Å²) in [6, 6.07) is 9.84. The number of rotatable bonds is 23. The van der Waals surface area contributed by atoms with Crippen molar-refractivity contribution in [1.29, 1.82) is 0 Å². The van der Waals surface area contributed by atoms with Gasteiger partial charge < -0.3 is 10.2 Å². The molecule has 0 aliphatic heterocycles. The number of nitrogens with one attached hydrogen (secondary N) is 4. The maximum absolute atomic E-state index is 13.4. The summed E-state index contributed by atoms with van der Waals surface area (Å²) >= 11 is 0. The molecule has 0 fully saturated rings. The second-order valence-electron chi connectivity index (χ2n) is 13.5. The zero-order chi connectivity index (χ0) is 36.7. The summed E-state index contributed by atoms with van der Waals surface area (Å²) < 4.78 is 0. The fourth-order valence-electron chi connectivity index (χ4n) is 6.04. The molecule has 6 N–H and O–H groups in total. The highest BCUT2D eigenvalue weighted by atomic mass is 16.3. The van der Waals surface area contributed by atoms with Crippen LogP contribution in [0.15, 0.2) is 36.4 Å². The Morgan fingerprint density at radius 1 is 0.540 bits per heavy atom. The van der Waals surface area contributed by atoms with Crippen LogP contribution < -0.4 is 21.7 Å². The first-order valence-corrected chi connectivity index (χ1v) is 19.0. The van der Waals surface area contributed by atoms with Gasteiger partial charge in [-0.2, -0.15) is 0 Å². The summed E-state index contributed by atoms with van der Waals surface area (Å²) in [5.41, 5.74) is 11.7. The number of hydrazine groups is 2. The normalized spacial score (nSPS) is 12.2. The molecule has 0 aliphatic rings. The SMILES string of the molecule is CCCCCCCc1ccc(O)c(C(=O)NNC(=O)C(C)C(CCCCCCC)C(=O)NNC(=O)c2cc(CCCCCCC)ccc2O)c1. The number of amides is 4. The third kappa shape index (κ3) is 15.2. The average molecular weight is 695 g/mol. The van der Waals surface area contributed by atoms with E-state index in [0.717, 1.165) is 101 Å². The van der Waals surface area contributed by atoms with Crippen molar-refractivity contribution in [2.45, 2.75) is 143 Å². The van der Waals surface area contributed by atoms with Crippen LogP contribution in [0.5, 0.6) is 11.5 Å². The largest absolute Gasteiger partial charge is 0.507 e. The van der Waals surface area contributed by atoms with Crippen molar-refractivity contribution >= 4 is 23.6 Å². The standard InChI is InChI=1S/C40H62N4O6/c1-5-8-11-14-17-20-30-23-25-35(45)33(27-30)39(49)43-41-37(47)29(4)32(22-19-16-13-10-7-3)38(48)42-44-40(50)34-28-31(24-26-36(34)46)21-18-15-12-9-6-2/h23-29,32,45-46H,5-22H2,1-4H3,(H,41,47)(H,42,48)(H,43,49)(H,44,50). The van der Waals surface area contributed by atoms with E-state index >= 15 is 0 Å². The van der Waals surface area contributed by atoms with E-state index in [1.807, 2.05) is 0 Å². The number of phenols is 2. The van der Waals surface area contributed by atoms with Gasteiger partial charge in [0.25, 0.3) is 11.8 Å². The summed E-state index contributed by atoms with van der Waals surface area (Å²) in [6.07, 6.45) is 17.9. The van der Waals surface area contributed by atoms with Gasteiger partial charge in [-0.1, -0.05) is 123 Å². The maximum Gasteiger partial charge on any atom is 0.273 e. The van der Waals surface area contributed by atoms with E-state index in [1.54, 1.807) is 31.2 Å². The Kier molecular flexibility index (Phi) is 20.3. The van der Waals surface area contributed by atoms with Gasteiger partial charge in [0.05, 0.1) is 17.0 Å². The first-order chi connectivity index (χ1) is 24.1. The third-order valence-corrected chi connectivity index (χ3v) is 9.32. The molecule has 0 aromatic heterocycles. The predicted octanol–water partition coefficient (Wildman–Crippen LogP) is 7.96. The van der Waals surface area contributed by atoms with Crippen LogP contribution >= 0.6 is 0 Å². The fraction of sp³-hybridized carbons (Fsp3) is 0.600. The van der Waals surface area contributed by atoms with Crippen LogP contribution in [-0.4, -0.2) is 33.8 Å². The fourth-order valence-corrected chi connectivity index (χ4v) is 6.04. The zero-order valence-corrected chi connectivity index (χ0v) is 30.9. The molecule has 4 amide bonds. The monoisotopic (exact) mass is 694 g/mol. The summed E-state index contributed by atoms with van der Waals surface area (Å²) in [7, 11) is 0. The van der Waals surface area contributed by atoms with Gasteiger partial charge in [-0.05, 0) is 67.5 Å². The number of hydrogen-bond acceptors (Lipinski definition) is 6. The summed E-state index contributed by atoms with van der Waals surface area (Å²) in [6.45, 7) is 8.05. The number of carbonyl (C=O) groups is 4. The molecule has 2 atom stereocenters. The summed E-state index contributed by atoms with van der Waals surface area (Å²) in [5.74, 6) is -4.47. The topological polar surface area (TPSA) is 157 Å². The molecule has 0 bridgehead atoms. The van der Waals surface area contributed by atoms with Crippen molar-refractivity contribution in [3.8, 4) is 11.5 Å². The first kappa shape index (κ1) is 42.1. The minimum absolute atomic E-state index is 0.0563. The van der Waals surface area contributed by atoms with E-state index in [2.05, 4.69) is 42.5 Å². The van der Waals surface area contributed by atoms with Crippen LogP contribution in [0.25, 0.3) is 0 Å². The van der Waals surface area contributed by atoms with Gasteiger partial charge in [-0.25, -0.2) is 0 Å². The minimum Gasteiger partial charge on any atom is -0.507 e. The van der Waals surface area contributed by atoms with Gasteiger partial charge >= 0.3 is 0 Å². The number of unbranched alkanes of at least 4 members (excludes halogenated alkanes) is 12. The Labute approximate surface area is 299 Å². The van der Waals surface area contributed by atoms with E-state index in [1.165, 1.54) is 25.0 Å². The van der Waals surface area contributed by atoms with Gasteiger partial charge in [-0.15, -0.1) is 0 Å². The Balaban J connectivity index is 2.03. The third-order valence-electron chi connectivity index (χ3n) is 9.32. The average Bonchev–Trinajstić information content (AvgIpc) is 3.11. The van der Waals surface area contributed by atoms with Crippen molar-refractivity contribution in [3.63, 3.8) is 0 Å². The highest BCUT2D eigenvalue weighted by Crippen LogP contribution is 2.23. The molecule has 50 heavy (non-hydrogen) atoms. The van der Waals surface area contributed by atoms with Crippen molar-refractivity contribution in [1.82, 2.24) is 21.7 Å². The molecular weight excluding hydrogens is 632 g/mol. The Hall–Kier alpha value is -4.08. The van der Waals surface area contributed by atoms with Gasteiger partial charge in [0.2, 0.25) is 11.8 Å². The van der Waals surface area contributed by atoms with E-state index in [4.69, 9.17) is 0 Å². The molecule has 10 nitrogen and oxygen atoms in total. The lowest BCUT2D eigenvalue weighted by Gasteiger charge is -2.23. The molecular formula is C40H62N4O6. The Bertz CT molecular complexity index is 1350. The van der Waals surface area contributed by atoms with Crippen LogP contribution in [0.2, 0.25) is 0 Å². The molecule has 0 radical (unpaired) electrons. The number of benzene rings is 2. The summed E-state index contributed by atoms with van der Waals surface area (Å²) in [5, 5.41) is 20.7. The molecule has 2 unspecified atom stereocenters. The number of hydrogen-bond donors (Lipinski definition) is 6. The van der Waals surface area contributed by atoms with E-state index in [0.29, 0.717) is 12.8 Å². The molecule has 2 aromatic carbocycles. The summed E-state index contributed by atoms with van der Waals surface area (Å²) in [4.78, 5) is 52.7. The van der Waals surface area contributed by atoms with Gasteiger partial charge in [0.1, 0.15) is 11.5 Å². The maximum atomic E-state index is 13.4. The molecule has 0 saturated heterocycles. The van der Waals surface area contributed by atoms with Crippen LogP contribution in [0, 0.1) is 11.8 Å². The highest BCUT2D eigenvalue weighted by molar-refractivity contribution is 5.99. The number of aryl methyl sites for hydroxylation is 2.